The first-order valence-corrected chi connectivity index (χ1v) is 6.09. The van der Waals surface area contributed by atoms with Crippen molar-refractivity contribution in [2.45, 2.75) is 0 Å². The van der Waals surface area contributed by atoms with E-state index in [9.17, 15) is 4.79 Å². The number of methoxy groups -OCH3 is 3. The first-order chi connectivity index (χ1) is 9.73. The maximum absolute atomic E-state index is 11.3. The van der Waals surface area contributed by atoms with Crippen LogP contribution in [0.2, 0.25) is 0 Å². The Balaban J connectivity index is 2.63. The highest BCUT2D eigenvalue weighted by atomic mass is 16.5. The Kier molecular flexibility index (Phi) is 4.25. The fourth-order valence-corrected chi connectivity index (χ4v) is 2.04. The van der Waals surface area contributed by atoms with E-state index < -0.39 is 0 Å². The van der Waals surface area contributed by atoms with Gasteiger partial charge in [-0.3, -0.25) is 4.79 Å². The highest BCUT2D eigenvalue weighted by Gasteiger charge is 2.12. The summed E-state index contributed by atoms with van der Waals surface area (Å²) in [5.74, 6) is 2.02. The molecule has 0 N–H and O–H groups in total. The lowest BCUT2D eigenvalue weighted by Crippen LogP contribution is -1.94. The highest BCUT2D eigenvalue weighted by Crippen LogP contribution is 2.36. The number of aldehydes is 1. The van der Waals surface area contributed by atoms with Gasteiger partial charge in [-0.1, -0.05) is 0 Å². The molecule has 2 aromatic carbocycles. The lowest BCUT2D eigenvalue weighted by molar-refractivity contribution is 0.112. The summed E-state index contributed by atoms with van der Waals surface area (Å²) in [7, 11) is 4.76. The van der Waals surface area contributed by atoms with Crippen molar-refractivity contribution in [3.63, 3.8) is 0 Å². The SMILES string of the molecule is COc1ccc(-c2cc(OC)ccc2OC)c(C=O)c1. The van der Waals surface area contributed by atoms with E-state index in [1.807, 2.05) is 24.3 Å². The van der Waals surface area contributed by atoms with Crippen LogP contribution in [0, 0.1) is 0 Å². The summed E-state index contributed by atoms with van der Waals surface area (Å²) in [6.07, 6.45) is 0.802. The molecule has 0 aliphatic heterocycles. The van der Waals surface area contributed by atoms with Crippen molar-refractivity contribution in [3.8, 4) is 28.4 Å². The molecule has 0 radical (unpaired) electrons. The molecule has 0 amide bonds. The maximum Gasteiger partial charge on any atom is 0.150 e. The standard InChI is InChI=1S/C16H16O4/c1-18-12-4-6-14(11(8-12)10-17)15-9-13(19-2)5-7-16(15)20-3/h4-10H,1-3H3. The van der Waals surface area contributed by atoms with Gasteiger partial charge in [-0.25, -0.2) is 0 Å². The quantitative estimate of drug-likeness (QED) is 0.784. The molecule has 0 aliphatic carbocycles. The smallest absolute Gasteiger partial charge is 0.150 e. The molecule has 0 unspecified atom stereocenters. The van der Waals surface area contributed by atoms with Crippen LogP contribution in [-0.2, 0) is 0 Å². The van der Waals surface area contributed by atoms with E-state index in [1.165, 1.54) is 0 Å². The summed E-state index contributed by atoms with van der Waals surface area (Å²) >= 11 is 0. The number of hydrogen-bond donors (Lipinski definition) is 0. The molecule has 20 heavy (non-hydrogen) atoms. The number of carbonyl (C=O) groups excluding carboxylic acids is 1. The van der Waals surface area contributed by atoms with Crippen molar-refractivity contribution < 1.29 is 19.0 Å². The van der Waals surface area contributed by atoms with E-state index >= 15 is 0 Å². The zero-order valence-corrected chi connectivity index (χ0v) is 11.7. The molecule has 0 atom stereocenters. The van der Waals surface area contributed by atoms with Crippen LogP contribution >= 0.6 is 0 Å². The topological polar surface area (TPSA) is 44.8 Å². The Labute approximate surface area is 117 Å². The molecule has 0 aliphatic rings. The molecule has 2 rings (SSSR count). The van der Waals surface area contributed by atoms with Gasteiger partial charge in [-0.2, -0.15) is 0 Å². The van der Waals surface area contributed by atoms with Gasteiger partial charge < -0.3 is 14.2 Å². The van der Waals surface area contributed by atoms with E-state index in [0.29, 0.717) is 22.8 Å². The average molecular weight is 272 g/mol. The summed E-state index contributed by atoms with van der Waals surface area (Å²) in [6.45, 7) is 0. The Hall–Kier alpha value is -2.49. The van der Waals surface area contributed by atoms with Gasteiger partial charge in [-0.05, 0) is 42.0 Å². The first kappa shape index (κ1) is 13.9. The second kappa shape index (κ2) is 6.10. The second-order valence-corrected chi connectivity index (χ2v) is 4.14. The van der Waals surface area contributed by atoms with Crippen molar-refractivity contribution in [2.75, 3.05) is 21.3 Å². The van der Waals surface area contributed by atoms with Crippen molar-refractivity contribution in [1.29, 1.82) is 0 Å². The van der Waals surface area contributed by atoms with E-state index in [4.69, 9.17) is 14.2 Å². The monoisotopic (exact) mass is 272 g/mol. The molecular formula is C16H16O4. The Bertz CT molecular complexity index is 620. The highest BCUT2D eigenvalue weighted by molar-refractivity contribution is 5.90. The molecule has 0 heterocycles. The van der Waals surface area contributed by atoms with Crippen LogP contribution in [-0.4, -0.2) is 27.6 Å². The summed E-state index contributed by atoms with van der Waals surface area (Å²) < 4.78 is 15.7. The average Bonchev–Trinajstić information content (AvgIpc) is 2.53. The predicted molar refractivity (Wildman–Crippen MR) is 76.9 cm³/mol. The van der Waals surface area contributed by atoms with Crippen LogP contribution in [0.3, 0.4) is 0 Å². The summed E-state index contributed by atoms with van der Waals surface area (Å²) in [5, 5.41) is 0. The van der Waals surface area contributed by atoms with E-state index in [-0.39, 0.29) is 0 Å². The van der Waals surface area contributed by atoms with Gasteiger partial charge in [0.05, 0.1) is 21.3 Å². The zero-order chi connectivity index (χ0) is 14.5. The van der Waals surface area contributed by atoms with E-state index in [1.54, 1.807) is 33.5 Å². The molecule has 104 valence electrons. The molecule has 0 spiro atoms. The molecular weight excluding hydrogens is 256 g/mol. The van der Waals surface area contributed by atoms with Crippen LogP contribution < -0.4 is 14.2 Å². The van der Waals surface area contributed by atoms with Crippen LogP contribution in [0.5, 0.6) is 17.2 Å². The van der Waals surface area contributed by atoms with Crippen molar-refractivity contribution in [1.82, 2.24) is 0 Å². The summed E-state index contributed by atoms with van der Waals surface area (Å²) in [6, 6.07) is 10.8. The van der Waals surface area contributed by atoms with Crippen molar-refractivity contribution in [3.05, 3.63) is 42.0 Å². The Morgan fingerprint density at radius 3 is 2.05 bits per heavy atom. The van der Waals surface area contributed by atoms with Gasteiger partial charge in [0.25, 0.3) is 0 Å². The fraction of sp³-hybridized carbons (Fsp3) is 0.188. The number of carbonyl (C=O) groups is 1. The molecule has 0 bridgehead atoms. The Morgan fingerprint density at radius 1 is 0.800 bits per heavy atom. The van der Waals surface area contributed by atoms with Crippen LogP contribution in [0.25, 0.3) is 11.1 Å². The first-order valence-electron chi connectivity index (χ1n) is 6.09. The van der Waals surface area contributed by atoms with Crippen LogP contribution in [0.1, 0.15) is 10.4 Å². The second-order valence-electron chi connectivity index (χ2n) is 4.14. The number of hydrogen-bond acceptors (Lipinski definition) is 4. The van der Waals surface area contributed by atoms with Gasteiger partial charge >= 0.3 is 0 Å². The molecule has 0 saturated carbocycles. The fourth-order valence-electron chi connectivity index (χ4n) is 2.04. The van der Waals surface area contributed by atoms with Crippen molar-refractivity contribution >= 4 is 6.29 Å². The van der Waals surface area contributed by atoms with Crippen LogP contribution in [0.4, 0.5) is 0 Å². The minimum Gasteiger partial charge on any atom is -0.497 e. The number of ether oxygens (including phenoxy) is 3. The molecule has 0 saturated heterocycles. The molecule has 4 heteroatoms. The van der Waals surface area contributed by atoms with Crippen LogP contribution in [0.15, 0.2) is 36.4 Å². The number of benzene rings is 2. The third-order valence-corrected chi connectivity index (χ3v) is 3.08. The van der Waals surface area contributed by atoms with Gasteiger partial charge in [0.2, 0.25) is 0 Å². The van der Waals surface area contributed by atoms with Crippen molar-refractivity contribution in [2.24, 2.45) is 0 Å². The van der Waals surface area contributed by atoms with Gasteiger partial charge in [0.1, 0.15) is 17.2 Å². The summed E-state index contributed by atoms with van der Waals surface area (Å²) in [5.41, 5.74) is 2.11. The third kappa shape index (κ3) is 2.59. The lowest BCUT2D eigenvalue weighted by Gasteiger charge is -2.13. The van der Waals surface area contributed by atoms with E-state index in [0.717, 1.165) is 17.4 Å². The minimum absolute atomic E-state index is 0.538. The van der Waals surface area contributed by atoms with Gasteiger partial charge in [0.15, 0.2) is 6.29 Å². The summed E-state index contributed by atoms with van der Waals surface area (Å²) in [4.78, 5) is 11.3. The normalized spacial score (nSPS) is 9.95. The van der Waals surface area contributed by atoms with E-state index in [2.05, 4.69) is 0 Å². The molecule has 2 aromatic rings. The molecule has 4 nitrogen and oxygen atoms in total. The van der Waals surface area contributed by atoms with Gasteiger partial charge in [0, 0.05) is 11.1 Å². The minimum atomic E-state index is 0.538. The largest absolute Gasteiger partial charge is 0.497 e. The predicted octanol–water partition coefficient (Wildman–Crippen LogP) is 3.19. The number of rotatable bonds is 5. The zero-order valence-electron chi connectivity index (χ0n) is 11.7. The van der Waals surface area contributed by atoms with Gasteiger partial charge in [-0.15, -0.1) is 0 Å². The molecule has 0 aromatic heterocycles. The maximum atomic E-state index is 11.3. The third-order valence-electron chi connectivity index (χ3n) is 3.08. The molecule has 0 fully saturated rings. The Morgan fingerprint density at radius 2 is 1.45 bits per heavy atom. The lowest BCUT2D eigenvalue weighted by atomic mass is 9.99.